The summed E-state index contributed by atoms with van der Waals surface area (Å²) in [4.78, 5) is 10.3. The zero-order valence-corrected chi connectivity index (χ0v) is 21.3. The van der Waals surface area contributed by atoms with E-state index in [4.69, 9.17) is 14.8 Å². The Kier molecular flexibility index (Phi) is 5.44. The van der Waals surface area contributed by atoms with E-state index < -0.39 is 0 Å². The summed E-state index contributed by atoms with van der Waals surface area (Å²) in [5, 5.41) is 5.11. The summed E-state index contributed by atoms with van der Waals surface area (Å²) in [5.74, 6) is 1.27. The van der Waals surface area contributed by atoms with Crippen molar-refractivity contribution in [1.29, 1.82) is 0 Å². The van der Waals surface area contributed by atoms with Crippen molar-refractivity contribution < 1.29 is 4.74 Å². The van der Waals surface area contributed by atoms with Gasteiger partial charge in [-0.05, 0) is 57.7 Å². The third kappa shape index (κ3) is 3.75. The molecule has 1 unspecified atom stereocenters. The second-order valence-corrected chi connectivity index (χ2v) is 10.4. The molecule has 3 aromatic rings. The fraction of sp³-hybridized carbons (Fsp3) is 0.448. The van der Waals surface area contributed by atoms with Gasteiger partial charge in [-0.3, -0.25) is 0 Å². The van der Waals surface area contributed by atoms with Crippen LogP contribution in [0.2, 0.25) is 0 Å². The average Bonchev–Trinajstić information content (AvgIpc) is 3.47. The fourth-order valence-corrected chi connectivity index (χ4v) is 6.09. The molecule has 3 heterocycles. The van der Waals surface area contributed by atoms with Crippen molar-refractivity contribution in [2.75, 3.05) is 43.1 Å². The quantitative estimate of drug-likeness (QED) is 0.539. The van der Waals surface area contributed by atoms with Gasteiger partial charge in [-0.15, -0.1) is 0 Å². The molecule has 0 N–H and O–H groups in total. The third-order valence-electron chi connectivity index (χ3n) is 8.05. The van der Waals surface area contributed by atoms with Crippen molar-refractivity contribution in [2.45, 2.75) is 52.1 Å². The van der Waals surface area contributed by atoms with Crippen molar-refractivity contribution in [3.63, 3.8) is 0 Å². The maximum Gasteiger partial charge on any atom is 0.165 e. The lowest BCUT2D eigenvalue weighted by atomic mass is 9.85. The number of piperazine rings is 1. The molecule has 3 aliphatic rings. The van der Waals surface area contributed by atoms with Crippen molar-refractivity contribution in [1.82, 2.24) is 14.6 Å². The Balaban J connectivity index is 1.41. The zero-order chi connectivity index (χ0) is 24.2. The van der Waals surface area contributed by atoms with Crippen LogP contribution in [0, 0.1) is 6.92 Å². The molecule has 0 amide bonds. The van der Waals surface area contributed by atoms with Crippen molar-refractivity contribution >= 4 is 22.7 Å². The topological polar surface area (TPSA) is 45.9 Å². The summed E-state index contributed by atoms with van der Waals surface area (Å²) in [6.07, 6.45) is 8.62. The molecule has 6 heteroatoms. The van der Waals surface area contributed by atoms with Crippen LogP contribution in [-0.4, -0.2) is 53.5 Å². The normalized spacial score (nSPS) is 22.4. The van der Waals surface area contributed by atoms with E-state index in [1.54, 1.807) is 7.11 Å². The molecule has 0 radical (unpaired) electrons. The van der Waals surface area contributed by atoms with E-state index in [0.29, 0.717) is 0 Å². The van der Waals surface area contributed by atoms with Crippen LogP contribution in [-0.2, 0) is 17.6 Å². The number of aryl methyl sites for hydroxylation is 2. The van der Waals surface area contributed by atoms with Gasteiger partial charge in [0.2, 0.25) is 0 Å². The predicted octanol–water partition coefficient (Wildman–Crippen LogP) is 4.99. The number of para-hydroxylation sites is 1. The van der Waals surface area contributed by atoms with Crippen LogP contribution in [0.3, 0.4) is 0 Å². The molecule has 182 valence electrons. The first kappa shape index (κ1) is 22.4. The summed E-state index contributed by atoms with van der Waals surface area (Å²) >= 11 is 0. The minimum absolute atomic E-state index is 0.247. The molecule has 0 spiro atoms. The van der Waals surface area contributed by atoms with Crippen molar-refractivity contribution in [3.8, 4) is 0 Å². The molecule has 2 aromatic heterocycles. The van der Waals surface area contributed by atoms with Gasteiger partial charge in [0, 0.05) is 62.2 Å². The van der Waals surface area contributed by atoms with E-state index >= 15 is 0 Å². The second kappa shape index (κ2) is 8.52. The number of nitrogens with zero attached hydrogens (tertiary/aromatic N) is 5. The van der Waals surface area contributed by atoms with Crippen LogP contribution < -0.4 is 9.80 Å². The maximum absolute atomic E-state index is 5.76. The summed E-state index contributed by atoms with van der Waals surface area (Å²) in [6, 6.07) is 10.8. The lowest BCUT2D eigenvalue weighted by Gasteiger charge is -2.38. The number of anilines is 2. The second-order valence-electron chi connectivity index (χ2n) is 10.4. The highest BCUT2D eigenvalue weighted by Gasteiger charge is 2.31. The van der Waals surface area contributed by atoms with E-state index in [-0.39, 0.29) is 5.60 Å². The van der Waals surface area contributed by atoms with E-state index in [2.05, 4.69) is 77.6 Å². The van der Waals surface area contributed by atoms with Crippen LogP contribution in [0.5, 0.6) is 0 Å². The largest absolute Gasteiger partial charge is 0.374 e. The van der Waals surface area contributed by atoms with Gasteiger partial charge in [-0.2, -0.15) is 9.61 Å². The van der Waals surface area contributed by atoms with E-state index in [1.165, 1.54) is 45.9 Å². The molecule has 0 saturated carbocycles. The van der Waals surface area contributed by atoms with Crippen LogP contribution in [0.1, 0.15) is 49.2 Å². The predicted molar refractivity (Wildman–Crippen MR) is 142 cm³/mol. The highest BCUT2D eigenvalue weighted by molar-refractivity contribution is 5.87. The monoisotopic (exact) mass is 469 g/mol. The number of methoxy groups -OCH3 is 1. The van der Waals surface area contributed by atoms with Gasteiger partial charge in [0.15, 0.2) is 5.65 Å². The number of benzene rings is 1. The molecule has 2 aliphatic carbocycles. The minimum atomic E-state index is -0.247. The van der Waals surface area contributed by atoms with Gasteiger partial charge in [-0.1, -0.05) is 35.9 Å². The average molecular weight is 470 g/mol. The molecule has 1 atom stereocenters. The number of fused-ring (bicyclic) bond motifs is 2. The maximum atomic E-state index is 5.76. The molecule has 35 heavy (non-hydrogen) atoms. The summed E-state index contributed by atoms with van der Waals surface area (Å²) < 4.78 is 7.92. The van der Waals surface area contributed by atoms with Crippen LogP contribution in [0.4, 0.5) is 11.5 Å². The number of hydrogen-bond acceptors (Lipinski definition) is 5. The molecule has 6 rings (SSSR count). The smallest absolute Gasteiger partial charge is 0.165 e. The molecule has 1 saturated heterocycles. The number of aromatic nitrogens is 3. The van der Waals surface area contributed by atoms with Crippen LogP contribution in [0.15, 0.2) is 48.1 Å². The lowest BCUT2D eigenvalue weighted by Crippen LogP contribution is -2.47. The van der Waals surface area contributed by atoms with Gasteiger partial charge in [0.05, 0.1) is 11.3 Å². The van der Waals surface area contributed by atoms with Gasteiger partial charge < -0.3 is 14.5 Å². The Labute approximate surface area is 207 Å². The number of ether oxygens (including phenoxy) is 1. The summed E-state index contributed by atoms with van der Waals surface area (Å²) in [6.45, 7) is 10.5. The van der Waals surface area contributed by atoms with E-state index in [1.807, 2.05) is 0 Å². The SMILES string of the molecule is COC1(C)C=CC(c2c(C)nn3c(N4CCN(c5ccccc5)CC4)c4c(nc23)CCC4)=C(C)C1. The summed E-state index contributed by atoms with van der Waals surface area (Å²) in [5.41, 5.74) is 9.53. The van der Waals surface area contributed by atoms with E-state index in [0.717, 1.165) is 56.8 Å². The molecule has 1 aromatic carbocycles. The first-order chi connectivity index (χ1) is 17.0. The Hall–Kier alpha value is -3.12. The first-order valence-electron chi connectivity index (χ1n) is 12.9. The molecular formula is C29H35N5O. The lowest BCUT2D eigenvalue weighted by molar-refractivity contribution is 0.0484. The van der Waals surface area contributed by atoms with Crippen LogP contribution in [0.25, 0.3) is 11.2 Å². The minimum Gasteiger partial charge on any atom is -0.374 e. The number of rotatable bonds is 4. The number of hydrogen-bond donors (Lipinski definition) is 0. The van der Waals surface area contributed by atoms with Gasteiger partial charge in [-0.25, -0.2) is 4.98 Å². The van der Waals surface area contributed by atoms with Gasteiger partial charge >= 0.3 is 0 Å². The van der Waals surface area contributed by atoms with Crippen molar-refractivity contribution in [3.05, 3.63) is 70.6 Å². The molecule has 1 fully saturated rings. The molecule has 6 nitrogen and oxygen atoms in total. The Morgan fingerprint density at radius 2 is 1.71 bits per heavy atom. The standard InChI is InChI=1S/C29H35N5O/c1-20-19-29(3,35-4)14-13-23(20)26-21(2)31-34-27(26)30-25-12-8-11-24(25)28(34)33-17-15-32(16-18-33)22-9-6-5-7-10-22/h5-7,9-10,13-14H,8,11-12,15-19H2,1-4H3. The Morgan fingerprint density at radius 3 is 2.43 bits per heavy atom. The van der Waals surface area contributed by atoms with Crippen molar-refractivity contribution in [2.24, 2.45) is 0 Å². The van der Waals surface area contributed by atoms with E-state index in [9.17, 15) is 0 Å². The van der Waals surface area contributed by atoms with Crippen LogP contribution >= 0.6 is 0 Å². The van der Waals surface area contributed by atoms with Gasteiger partial charge in [0.25, 0.3) is 0 Å². The highest BCUT2D eigenvalue weighted by Crippen LogP contribution is 2.39. The first-order valence-corrected chi connectivity index (χ1v) is 12.9. The Bertz CT molecular complexity index is 1330. The highest BCUT2D eigenvalue weighted by atomic mass is 16.5. The third-order valence-corrected chi connectivity index (χ3v) is 8.05. The van der Waals surface area contributed by atoms with Gasteiger partial charge in [0.1, 0.15) is 5.82 Å². The molecule has 0 bridgehead atoms. The molecule has 1 aliphatic heterocycles. The zero-order valence-electron chi connectivity index (χ0n) is 21.3. The summed E-state index contributed by atoms with van der Waals surface area (Å²) in [7, 11) is 1.79. The number of allylic oxidation sites excluding steroid dienone is 2. The Morgan fingerprint density at radius 1 is 0.971 bits per heavy atom. The molecular weight excluding hydrogens is 434 g/mol. The fourth-order valence-electron chi connectivity index (χ4n) is 6.09.